The number of hydrogen-bond acceptors (Lipinski definition) is 5. The molecule has 0 unspecified atom stereocenters. The number of amides is 1. The summed E-state index contributed by atoms with van der Waals surface area (Å²) in [5.41, 5.74) is 2.81. The van der Waals surface area contributed by atoms with Gasteiger partial charge < -0.3 is 14.8 Å². The number of benzene rings is 2. The number of carbonyl (C=O) groups excluding carboxylic acids is 1. The van der Waals surface area contributed by atoms with E-state index >= 15 is 0 Å². The van der Waals surface area contributed by atoms with Crippen LogP contribution in [0.1, 0.15) is 22.3 Å². The van der Waals surface area contributed by atoms with Gasteiger partial charge in [-0.1, -0.05) is 11.6 Å². The van der Waals surface area contributed by atoms with Crippen molar-refractivity contribution in [3.63, 3.8) is 0 Å². The fourth-order valence-electron chi connectivity index (χ4n) is 2.29. The van der Waals surface area contributed by atoms with Crippen LogP contribution in [-0.4, -0.2) is 17.5 Å². The highest BCUT2D eigenvalue weighted by Crippen LogP contribution is 2.33. The monoisotopic (exact) mass is 388 g/mol. The molecule has 3 aromatic rings. The maximum absolute atomic E-state index is 12.5. The van der Waals surface area contributed by atoms with Gasteiger partial charge in [-0.15, -0.1) is 11.3 Å². The average molecular weight is 389 g/mol. The average Bonchev–Trinajstić information content (AvgIpc) is 3.05. The second-order valence-electron chi connectivity index (χ2n) is 5.37. The van der Waals surface area contributed by atoms with Crippen LogP contribution in [0.2, 0.25) is 5.02 Å². The Hall–Kier alpha value is -2.57. The van der Waals surface area contributed by atoms with Gasteiger partial charge >= 0.3 is 0 Å². The molecule has 1 aromatic heterocycles. The smallest absolute Gasteiger partial charge is 0.267 e. The Labute approximate surface area is 160 Å². The van der Waals surface area contributed by atoms with E-state index in [0.717, 1.165) is 5.75 Å². The third-order valence-electron chi connectivity index (χ3n) is 3.50. The summed E-state index contributed by atoms with van der Waals surface area (Å²) in [5.74, 6) is 1.64. The molecule has 0 aliphatic rings. The zero-order valence-corrected chi connectivity index (χ0v) is 15.9. The summed E-state index contributed by atoms with van der Waals surface area (Å²) in [5, 5.41) is 3.34. The second kappa shape index (κ2) is 8.21. The molecule has 0 aliphatic heterocycles. The summed E-state index contributed by atoms with van der Waals surface area (Å²) < 4.78 is 11.3. The summed E-state index contributed by atoms with van der Waals surface area (Å²) in [4.78, 5) is 17.1. The van der Waals surface area contributed by atoms with E-state index in [9.17, 15) is 4.79 Å². The molecule has 1 amide bonds. The van der Waals surface area contributed by atoms with E-state index in [0.29, 0.717) is 39.4 Å². The lowest BCUT2D eigenvalue weighted by Gasteiger charge is -2.13. The van der Waals surface area contributed by atoms with Crippen molar-refractivity contribution in [2.24, 2.45) is 0 Å². The lowest BCUT2D eigenvalue weighted by Crippen LogP contribution is -2.12. The molecule has 0 radical (unpaired) electrons. The number of halogens is 1. The van der Waals surface area contributed by atoms with Gasteiger partial charge in [0.05, 0.1) is 23.5 Å². The molecule has 0 fully saturated rings. The number of nitrogens with zero attached hydrogens (tertiary/aromatic N) is 1. The first-order valence-corrected chi connectivity index (χ1v) is 9.24. The van der Waals surface area contributed by atoms with E-state index < -0.39 is 0 Å². The van der Waals surface area contributed by atoms with Crippen LogP contribution in [0.4, 0.5) is 5.69 Å². The molecular formula is C19H17ClN2O3S. The van der Waals surface area contributed by atoms with Crippen LogP contribution < -0.4 is 14.8 Å². The Morgan fingerprint density at radius 3 is 2.58 bits per heavy atom. The third-order valence-corrected chi connectivity index (χ3v) is 4.67. The molecule has 0 saturated heterocycles. The molecule has 0 bridgehead atoms. The number of thiazole rings is 1. The molecule has 26 heavy (non-hydrogen) atoms. The Bertz CT molecular complexity index is 909. The van der Waals surface area contributed by atoms with Crippen molar-refractivity contribution >= 4 is 34.5 Å². The van der Waals surface area contributed by atoms with E-state index in [4.69, 9.17) is 21.1 Å². The number of hydrogen-bond donors (Lipinski definition) is 1. The largest absolute Gasteiger partial charge is 0.494 e. The molecule has 134 valence electrons. The van der Waals surface area contributed by atoms with Crippen molar-refractivity contribution in [1.82, 2.24) is 4.98 Å². The van der Waals surface area contributed by atoms with Gasteiger partial charge in [0.15, 0.2) is 5.75 Å². The molecule has 1 heterocycles. The standard InChI is InChI=1S/C19H17ClN2O3S/c1-3-24-14-5-7-15(8-6-14)25-17-9-4-13(20)10-16(17)22-19(23)18-12(2)21-11-26-18/h4-11H,3H2,1-2H3,(H,22,23). The zero-order valence-electron chi connectivity index (χ0n) is 14.3. The molecule has 0 atom stereocenters. The van der Waals surface area contributed by atoms with Crippen LogP contribution in [0.15, 0.2) is 48.0 Å². The van der Waals surface area contributed by atoms with E-state index in [2.05, 4.69) is 10.3 Å². The third kappa shape index (κ3) is 4.33. The first-order chi connectivity index (χ1) is 12.6. The van der Waals surface area contributed by atoms with Crippen molar-refractivity contribution in [3.8, 4) is 17.2 Å². The number of aromatic nitrogens is 1. The van der Waals surface area contributed by atoms with E-state index in [1.807, 2.05) is 19.1 Å². The van der Waals surface area contributed by atoms with Crippen molar-refractivity contribution in [2.45, 2.75) is 13.8 Å². The molecule has 2 aromatic carbocycles. The van der Waals surface area contributed by atoms with Crippen molar-refractivity contribution < 1.29 is 14.3 Å². The number of aryl methyl sites for hydroxylation is 1. The normalized spacial score (nSPS) is 10.4. The first-order valence-electron chi connectivity index (χ1n) is 7.98. The Morgan fingerprint density at radius 2 is 1.92 bits per heavy atom. The molecule has 0 saturated carbocycles. The van der Waals surface area contributed by atoms with Gasteiger partial charge in [-0.2, -0.15) is 0 Å². The Morgan fingerprint density at radius 1 is 1.19 bits per heavy atom. The lowest BCUT2D eigenvalue weighted by molar-refractivity contribution is 0.102. The van der Waals surface area contributed by atoms with E-state index in [1.54, 1.807) is 42.8 Å². The number of anilines is 1. The summed E-state index contributed by atoms with van der Waals surface area (Å²) in [6.45, 7) is 4.32. The highest BCUT2D eigenvalue weighted by atomic mass is 35.5. The molecule has 7 heteroatoms. The molecular weight excluding hydrogens is 372 g/mol. The van der Waals surface area contributed by atoms with Crippen LogP contribution in [0, 0.1) is 6.92 Å². The van der Waals surface area contributed by atoms with Crippen LogP contribution in [-0.2, 0) is 0 Å². The van der Waals surface area contributed by atoms with Gasteiger partial charge in [0.2, 0.25) is 0 Å². The highest BCUT2D eigenvalue weighted by molar-refractivity contribution is 7.12. The minimum absolute atomic E-state index is 0.246. The summed E-state index contributed by atoms with van der Waals surface area (Å²) in [6, 6.07) is 12.3. The molecule has 1 N–H and O–H groups in total. The Balaban J connectivity index is 1.81. The zero-order chi connectivity index (χ0) is 18.5. The van der Waals surface area contributed by atoms with Crippen LogP contribution in [0.25, 0.3) is 0 Å². The van der Waals surface area contributed by atoms with Gasteiger partial charge in [-0.05, 0) is 56.3 Å². The van der Waals surface area contributed by atoms with Gasteiger partial charge in [-0.3, -0.25) is 4.79 Å². The SMILES string of the molecule is CCOc1ccc(Oc2ccc(Cl)cc2NC(=O)c2scnc2C)cc1. The minimum atomic E-state index is -0.246. The topological polar surface area (TPSA) is 60.5 Å². The van der Waals surface area contributed by atoms with Crippen LogP contribution in [0.5, 0.6) is 17.2 Å². The first kappa shape index (κ1) is 18.2. The maximum Gasteiger partial charge on any atom is 0.267 e. The highest BCUT2D eigenvalue weighted by Gasteiger charge is 2.15. The van der Waals surface area contributed by atoms with Crippen LogP contribution in [0.3, 0.4) is 0 Å². The fourth-order valence-corrected chi connectivity index (χ4v) is 3.16. The lowest BCUT2D eigenvalue weighted by atomic mass is 10.2. The second-order valence-corrected chi connectivity index (χ2v) is 6.66. The quantitative estimate of drug-likeness (QED) is 0.601. The predicted molar refractivity (Wildman–Crippen MR) is 104 cm³/mol. The summed E-state index contributed by atoms with van der Waals surface area (Å²) in [6.07, 6.45) is 0. The number of nitrogens with one attached hydrogen (secondary N) is 1. The number of rotatable bonds is 6. The molecule has 0 aliphatic carbocycles. The van der Waals surface area contributed by atoms with Crippen molar-refractivity contribution in [2.75, 3.05) is 11.9 Å². The summed E-state index contributed by atoms with van der Waals surface area (Å²) in [7, 11) is 0. The van der Waals surface area contributed by atoms with Gasteiger partial charge in [0, 0.05) is 5.02 Å². The van der Waals surface area contributed by atoms with Crippen molar-refractivity contribution in [3.05, 3.63) is 63.6 Å². The fraction of sp³-hybridized carbons (Fsp3) is 0.158. The van der Waals surface area contributed by atoms with Gasteiger partial charge in [0.25, 0.3) is 5.91 Å². The number of ether oxygens (including phenoxy) is 2. The minimum Gasteiger partial charge on any atom is -0.494 e. The summed E-state index contributed by atoms with van der Waals surface area (Å²) >= 11 is 7.37. The van der Waals surface area contributed by atoms with E-state index in [1.165, 1.54) is 11.3 Å². The number of carbonyl (C=O) groups is 1. The maximum atomic E-state index is 12.5. The van der Waals surface area contributed by atoms with E-state index in [-0.39, 0.29) is 5.91 Å². The van der Waals surface area contributed by atoms with Gasteiger partial charge in [0.1, 0.15) is 16.4 Å². The van der Waals surface area contributed by atoms with Crippen molar-refractivity contribution in [1.29, 1.82) is 0 Å². The predicted octanol–water partition coefficient (Wildman–Crippen LogP) is 5.55. The van der Waals surface area contributed by atoms with Crippen LogP contribution >= 0.6 is 22.9 Å². The molecule has 0 spiro atoms. The van der Waals surface area contributed by atoms with Gasteiger partial charge in [-0.25, -0.2) is 4.98 Å². The Kier molecular flexibility index (Phi) is 5.75. The molecule has 3 rings (SSSR count). The molecule has 5 nitrogen and oxygen atoms in total.